The third-order valence-electron chi connectivity index (χ3n) is 4.15. The number of nitrogens with one attached hydrogen (secondary N) is 3. The average Bonchev–Trinajstić information content (AvgIpc) is 3.08. The van der Waals surface area contributed by atoms with Crippen LogP contribution in [0, 0.1) is 0 Å². The Balaban J connectivity index is 1.37. The fraction of sp³-hybridized carbons (Fsp3) is 0.158. The maximum absolute atomic E-state index is 12.2. The van der Waals surface area contributed by atoms with Crippen molar-refractivity contribution in [2.24, 2.45) is 0 Å². The first kappa shape index (κ1) is 16.0. The van der Waals surface area contributed by atoms with Gasteiger partial charge >= 0.3 is 0 Å². The Hall–Kier alpha value is -3.48. The molecule has 1 aliphatic rings. The second-order valence-electron chi connectivity index (χ2n) is 5.90. The number of carbonyl (C=O) groups is 2. The number of para-hydroxylation sites is 1. The maximum Gasteiger partial charge on any atom is 0.269 e. The van der Waals surface area contributed by atoms with Gasteiger partial charge in [-0.2, -0.15) is 0 Å². The normalized spacial score (nSPS) is 12.6. The lowest BCUT2D eigenvalue weighted by Crippen LogP contribution is -2.42. The van der Waals surface area contributed by atoms with Crippen molar-refractivity contribution in [3.8, 4) is 11.5 Å². The molecule has 7 heteroatoms. The molecule has 7 nitrogen and oxygen atoms in total. The van der Waals surface area contributed by atoms with Gasteiger partial charge in [-0.25, -0.2) is 0 Å². The van der Waals surface area contributed by atoms with Crippen molar-refractivity contribution in [2.75, 3.05) is 13.2 Å². The molecule has 2 heterocycles. The zero-order valence-corrected chi connectivity index (χ0v) is 13.9. The van der Waals surface area contributed by atoms with Crippen molar-refractivity contribution in [1.82, 2.24) is 15.8 Å². The number of aromatic amines is 1. The van der Waals surface area contributed by atoms with Crippen LogP contribution in [0.1, 0.15) is 15.9 Å². The van der Waals surface area contributed by atoms with Gasteiger partial charge in [0.25, 0.3) is 5.91 Å². The van der Waals surface area contributed by atoms with Crippen LogP contribution in [-0.2, 0) is 11.2 Å². The van der Waals surface area contributed by atoms with Crippen molar-refractivity contribution >= 4 is 22.7 Å². The molecular formula is C19H17N3O4. The van der Waals surface area contributed by atoms with E-state index in [0.717, 1.165) is 16.5 Å². The summed E-state index contributed by atoms with van der Waals surface area (Å²) in [6.07, 6.45) is 1.96. The van der Waals surface area contributed by atoms with Crippen molar-refractivity contribution in [1.29, 1.82) is 0 Å². The standard InChI is InChI=1S/C19H17N3O4/c23-18(10-13-11-20-15-4-2-1-3-14(13)15)21-22-19(24)12-5-6-16-17(9-12)26-8-7-25-16/h1-6,9,11,20H,7-8,10H2,(H,21,23)(H,22,24). The fourth-order valence-corrected chi connectivity index (χ4v) is 2.88. The third kappa shape index (κ3) is 3.19. The number of hydrazine groups is 1. The molecule has 0 unspecified atom stereocenters. The first-order valence-corrected chi connectivity index (χ1v) is 8.24. The Morgan fingerprint density at radius 1 is 1.00 bits per heavy atom. The highest BCUT2D eigenvalue weighted by atomic mass is 16.6. The zero-order chi connectivity index (χ0) is 17.9. The molecule has 0 saturated carbocycles. The number of rotatable bonds is 3. The highest BCUT2D eigenvalue weighted by Gasteiger charge is 2.15. The number of hydrogen-bond acceptors (Lipinski definition) is 4. The minimum absolute atomic E-state index is 0.158. The van der Waals surface area contributed by atoms with Crippen LogP contribution in [0.4, 0.5) is 0 Å². The van der Waals surface area contributed by atoms with E-state index >= 15 is 0 Å². The number of benzene rings is 2. The van der Waals surface area contributed by atoms with Crippen LogP contribution in [0.5, 0.6) is 11.5 Å². The molecule has 1 aromatic heterocycles. The molecule has 2 aromatic carbocycles. The summed E-state index contributed by atoms with van der Waals surface area (Å²) >= 11 is 0. The van der Waals surface area contributed by atoms with Gasteiger partial charge in [-0.05, 0) is 29.8 Å². The van der Waals surface area contributed by atoms with Gasteiger partial charge in [0.2, 0.25) is 5.91 Å². The summed E-state index contributed by atoms with van der Waals surface area (Å²) < 4.78 is 10.9. The second kappa shape index (κ2) is 6.79. The highest BCUT2D eigenvalue weighted by Crippen LogP contribution is 2.30. The van der Waals surface area contributed by atoms with Crippen LogP contribution in [0.2, 0.25) is 0 Å². The largest absolute Gasteiger partial charge is 0.486 e. The monoisotopic (exact) mass is 351 g/mol. The fourth-order valence-electron chi connectivity index (χ4n) is 2.88. The minimum atomic E-state index is -0.422. The molecule has 0 aliphatic carbocycles. The zero-order valence-electron chi connectivity index (χ0n) is 13.9. The van der Waals surface area contributed by atoms with Crippen molar-refractivity contribution < 1.29 is 19.1 Å². The Morgan fingerprint density at radius 2 is 1.81 bits per heavy atom. The van der Waals surface area contributed by atoms with E-state index in [0.29, 0.717) is 30.3 Å². The van der Waals surface area contributed by atoms with Crippen molar-refractivity contribution in [3.63, 3.8) is 0 Å². The van der Waals surface area contributed by atoms with E-state index in [9.17, 15) is 9.59 Å². The van der Waals surface area contributed by atoms with Crippen molar-refractivity contribution in [2.45, 2.75) is 6.42 Å². The average molecular weight is 351 g/mol. The first-order valence-electron chi connectivity index (χ1n) is 8.24. The van der Waals surface area contributed by atoms with Gasteiger partial charge in [-0.1, -0.05) is 18.2 Å². The van der Waals surface area contributed by atoms with E-state index in [4.69, 9.17) is 9.47 Å². The van der Waals surface area contributed by atoms with E-state index < -0.39 is 5.91 Å². The molecule has 132 valence electrons. The molecule has 0 spiro atoms. The molecule has 4 rings (SSSR count). The smallest absolute Gasteiger partial charge is 0.269 e. The Morgan fingerprint density at radius 3 is 2.69 bits per heavy atom. The Bertz CT molecular complexity index is 980. The third-order valence-corrected chi connectivity index (χ3v) is 4.15. The van der Waals surface area contributed by atoms with Gasteiger partial charge < -0.3 is 14.5 Å². The Labute approximate surface area is 149 Å². The van der Waals surface area contributed by atoms with Gasteiger partial charge in [0.15, 0.2) is 11.5 Å². The Kier molecular flexibility index (Phi) is 4.18. The summed E-state index contributed by atoms with van der Waals surface area (Å²) in [6.45, 7) is 0.932. The molecular weight excluding hydrogens is 334 g/mol. The summed E-state index contributed by atoms with van der Waals surface area (Å²) in [7, 11) is 0. The summed E-state index contributed by atoms with van der Waals surface area (Å²) in [6, 6.07) is 12.6. The van der Waals surface area contributed by atoms with Crippen molar-refractivity contribution in [3.05, 3.63) is 59.8 Å². The van der Waals surface area contributed by atoms with Crippen LogP contribution in [0.25, 0.3) is 10.9 Å². The lowest BCUT2D eigenvalue weighted by molar-refractivity contribution is -0.121. The molecule has 1 aliphatic heterocycles. The number of aromatic nitrogens is 1. The number of H-pyrrole nitrogens is 1. The number of fused-ring (bicyclic) bond motifs is 2. The first-order chi connectivity index (χ1) is 12.7. The summed E-state index contributed by atoms with van der Waals surface area (Å²) in [4.78, 5) is 27.5. The number of hydrogen-bond donors (Lipinski definition) is 3. The van der Waals surface area contributed by atoms with E-state index in [1.54, 1.807) is 24.4 Å². The number of amides is 2. The van der Waals surface area contributed by atoms with Gasteiger partial charge in [-0.15, -0.1) is 0 Å². The maximum atomic E-state index is 12.2. The van der Waals surface area contributed by atoms with E-state index in [1.165, 1.54) is 0 Å². The van der Waals surface area contributed by atoms with E-state index in [1.807, 2.05) is 24.3 Å². The van der Waals surface area contributed by atoms with E-state index in [-0.39, 0.29) is 12.3 Å². The summed E-state index contributed by atoms with van der Waals surface area (Å²) in [5, 5.41) is 0.987. The van der Waals surface area contributed by atoms with Gasteiger partial charge in [0, 0.05) is 22.7 Å². The van der Waals surface area contributed by atoms with Gasteiger partial charge in [0.05, 0.1) is 6.42 Å². The second-order valence-corrected chi connectivity index (χ2v) is 5.90. The molecule has 26 heavy (non-hydrogen) atoms. The molecule has 0 bridgehead atoms. The van der Waals surface area contributed by atoms with Crippen LogP contribution < -0.4 is 20.3 Å². The van der Waals surface area contributed by atoms with Gasteiger partial charge in [0.1, 0.15) is 13.2 Å². The molecule has 3 aromatic rings. The number of carbonyl (C=O) groups excluding carboxylic acids is 2. The molecule has 3 N–H and O–H groups in total. The number of ether oxygens (including phenoxy) is 2. The lowest BCUT2D eigenvalue weighted by atomic mass is 10.1. The molecule has 0 fully saturated rings. The van der Waals surface area contributed by atoms with Crippen LogP contribution in [0.3, 0.4) is 0 Å². The van der Waals surface area contributed by atoms with Crippen LogP contribution >= 0.6 is 0 Å². The summed E-state index contributed by atoms with van der Waals surface area (Å²) in [5.41, 5.74) is 7.07. The van der Waals surface area contributed by atoms with Crippen LogP contribution in [0.15, 0.2) is 48.7 Å². The molecule has 0 atom stereocenters. The lowest BCUT2D eigenvalue weighted by Gasteiger charge is -2.18. The molecule has 0 saturated heterocycles. The highest BCUT2D eigenvalue weighted by molar-refractivity contribution is 5.96. The predicted molar refractivity (Wildman–Crippen MR) is 95.0 cm³/mol. The minimum Gasteiger partial charge on any atom is -0.486 e. The topological polar surface area (TPSA) is 92.5 Å². The quantitative estimate of drug-likeness (QED) is 0.629. The van der Waals surface area contributed by atoms with E-state index in [2.05, 4.69) is 15.8 Å². The molecule has 2 amide bonds. The predicted octanol–water partition coefficient (Wildman–Crippen LogP) is 1.94. The SMILES string of the molecule is O=C(Cc1c[nH]c2ccccc12)NNC(=O)c1ccc2c(c1)OCCO2. The van der Waals surface area contributed by atoms with Crippen LogP contribution in [-0.4, -0.2) is 30.0 Å². The molecule has 0 radical (unpaired) electrons. The summed E-state index contributed by atoms with van der Waals surface area (Å²) in [5.74, 6) is 0.403. The van der Waals surface area contributed by atoms with Gasteiger partial charge in [-0.3, -0.25) is 20.4 Å².